The smallest absolute Gasteiger partial charge is 0.254 e. The molecule has 1 aromatic heterocycles. The molecule has 0 atom stereocenters. The monoisotopic (exact) mass is 552 g/mol. The van der Waals surface area contributed by atoms with Crippen molar-refractivity contribution in [3.63, 3.8) is 0 Å². The summed E-state index contributed by atoms with van der Waals surface area (Å²) in [5.41, 5.74) is 1.34. The second-order valence-corrected chi connectivity index (χ2v) is 9.38. The maximum Gasteiger partial charge on any atom is 0.254 e. The van der Waals surface area contributed by atoms with Crippen molar-refractivity contribution in [2.45, 2.75) is 13.1 Å². The number of rotatable bonds is 9. The highest BCUT2D eigenvalue weighted by Crippen LogP contribution is 2.23. The maximum absolute atomic E-state index is 13.6. The van der Waals surface area contributed by atoms with E-state index in [1.165, 1.54) is 52.5 Å². The van der Waals surface area contributed by atoms with E-state index in [0.717, 1.165) is 0 Å². The summed E-state index contributed by atoms with van der Waals surface area (Å²) in [5, 5.41) is 0.903. The fourth-order valence-corrected chi connectivity index (χ4v) is 4.22. The summed E-state index contributed by atoms with van der Waals surface area (Å²) >= 11 is 12.1. The zero-order valence-corrected chi connectivity index (χ0v) is 21.7. The number of hydrogen-bond acceptors (Lipinski definition) is 4. The summed E-state index contributed by atoms with van der Waals surface area (Å²) in [4.78, 5) is 42.6. The molecule has 0 aliphatic rings. The second-order valence-electron chi connectivity index (χ2n) is 8.57. The molecule has 0 spiro atoms. The Balaban J connectivity index is 1.63. The van der Waals surface area contributed by atoms with Gasteiger partial charge in [0.25, 0.3) is 5.91 Å². The fraction of sp³-hybridized carbons (Fsp3) is 0.138. The summed E-state index contributed by atoms with van der Waals surface area (Å²) in [5.74, 6) is -1.29. The van der Waals surface area contributed by atoms with Gasteiger partial charge in [0.1, 0.15) is 17.9 Å². The quantitative estimate of drug-likeness (QED) is 0.235. The number of amides is 2. The number of halogens is 3. The first kappa shape index (κ1) is 27.1. The van der Waals surface area contributed by atoms with E-state index in [2.05, 4.69) is 6.58 Å². The van der Waals surface area contributed by atoms with Crippen LogP contribution in [-0.2, 0) is 17.9 Å². The molecule has 0 aliphatic carbocycles. The molecule has 1 heterocycles. The van der Waals surface area contributed by atoms with Crippen molar-refractivity contribution < 1.29 is 18.4 Å². The lowest BCUT2D eigenvalue weighted by atomic mass is 10.1. The Morgan fingerprint density at radius 3 is 2.39 bits per heavy atom. The van der Waals surface area contributed by atoms with Crippen LogP contribution in [0.3, 0.4) is 0 Å². The topological polar surface area (TPSA) is 70.8 Å². The van der Waals surface area contributed by atoms with Gasteiger partial charge in [-0.2, -0.15) is 0 Å². The Labute approximate surface area is 228 Å². The van der Waals surface area contributed by atoms with Crippen LogP contribution in [0.5, 0.6) is 0 Å². The number of benzene rings is 3. The molecule has 9 heteroatoms. The minimum absolute atomic E-state index is 0.0771. The van der Waals surface area contributed by atoms with Crippen LogP contribution in [0.25, 0.3) is 11.0 Å². The highest BCUT2D eigenvalue weighted by atomic mass is 35.5. The first-order valence-electron chi connectivity index (χ1n) is 11.6. The molecule has 194 valence electrons. The van der Waals surface area contributed by atoms with Crippen LogP contribution in [0.2, 0.25) is 10.0 Å². The number of fused-ring (bicyclic) bond motifs is 1. The van der Waals surface area contributed by atoms with Gasteiger partial charge in [-0.25, -0.2) is 4.39 Å². The van der Waals surface area contributed by atoms with Gasteiger partial charge in [-0.15, -0.1) is 6.58 Å². The van der Waals surface area contributed by atoms with Gasteiger partial charge in [0.2, 0.25) is 5.91 Å². The van der Waals surface area contributed by atoms with Crippen LogP contribution in [0, 0.1) is 5.82 Å². The third kappa shape index (κ3) is 6.30. The van der Waals surface area contributed by atoms with Gasteiger partial charge in [0.15, 0.2) is 5.43 Å². The van der Waals surface area contributed by atoms with Gasteiger partial charge in [-0.1, -0.05) is 53.5 Å². The average Bonchev–Trinajstić information content (AvgIpc) is 2.92. The van der Waals surface area contributed by atoms with E-state index >= 15 is 0 Å². The van der Waals surface area contributed by atoms with E-state index in [4.69, 9.17) is 27.6 Å². The average molecular weight is 553 g/mol. The van der Waals surface area contributed by atoms with Crippen LogP contribution in [0.15, 0.2) is 94.9 Å². The van der Waals surface area contributed by atoms with Gasteiger partial charge in [0, 0.05) is 18.7 Å². The minimum Gasteiger partial charge on any atom is -0.464 e. The van der Waals surface area contributed by atoms with Crippen molar-refractivity contribution in [1.82, 2.24) is 9.80 Å². The Morgan fingerprint density at radius 2 is 1.68 bits per heavy atom. The molecule has 4 rings (SSSR count). The third-order valence-electron chi connectivity index (χ3n) is 5.88. The van der Waals surface area contributed by atoms with E-state index < -0.39 is 17.6 Å². The lowest BCUT2D eigenvalue weighted by molar-refractivity contribution is -0.133. The van der Waals surface area contributed by atoms with Crippen LogP contribution in [-0.4, -0.2) is 34.7 Å². The number of carbonyl (C=O) groups excluding carboxylic acids is 2. The van der Waals surface area contributed by atoms with E-state index in [1.807, 2.05) is 0 Å². The number of carbonyl (C=O) groups is 2. The lowest BCUT2D eigenvalue weighted by Crippen LogP contribution is -2.43. The van der Waals surface area contributed by atoms with Crippen LogP contribution in [0.4, 0.5) is 4.39 Å². The van der Waals surface area contributed by atoms with Crippen LogP contribution in [0.1, 0.15) is 21.5 Å². The fourth-order valence-electron chi connectivity index (χ4n) is 3.93. The summed E-state index contributed by atoms with van der Waals surface area (Å²) in [6.45, 7) is 3.48. The van der Waals surface area contributed by atoms with Crippen molar-refractivity contribution in [2.24, 2.45) is 0 Å². The molecule has 0 saturated heterocycles. The van der Waals surface area contributed by atoms with Gasteiger partial charge in [-0.05, 0) is 48.0 Å². The standard InChI is InChI=1S/C29H23Cl2FN2O4/c1-2-13-33(29(37)20-9-12-24(30)25(31)14-20)17-27(35)34(15-19-7-10-22(32)11-8-19)16-21-18-38-26-6-4-3-5-23(26)28(21)36/h2-12,14,18H,1,13,15-17H2. The predicted molar refractivity (Wildman–Crippen MR) is 146 cm³/mol. The molecule has 0 N–H and O–H groups in total. The molecule has 0 fully saturated rings. The molecular formula is C29H23Cl2FN2O4. The van der Waals surface area contributed by atoms with Crippen molar-refractivity contribution in [1.29, 1.82) is 0 Å². The summed E-state index contributed by atoms with van der Waals surface area (Å²) in [6.07, 6.45) is 2.84. The number of hydrogen-bond donors (Lipinski definition) is 0. The van der Waals surface area contributed by atoms with E-state index in [9.17, 15) is 18.8 Å². The molecule has 4 aromatic rings. The largest absolute Gasteiger partial charge is 0.464 e. The Kier molecular flexibility index (Phi) is 8.61. The highest BCUT2D eigenvalue weighted by molar-refractivity contribution is 6.42. The number of nitrogens with zero attached hydrogens (tertiary/aromatic N) is 2. The second kappa shape index (κ2) is 12.1. The molecule has 0 radical (unpaired) electrons. The van der Waals surface area contributed by atoms with Crippen LogP contribution >= 0.6 is 23.2 Å². The van der Waals surface area contributed by atoms with Gasteiger partial charge in [-0.3, -0.25) is 14.4 Å². The third-order valence-corrected chi connectivity index (χ3v) is 6.62. The molecule has 0 saturated carbocycles. The number of para-hydroxylation sites is 1. The first-order valence-corrected chi connectivity index (χ1v) is 12.4. The van der Waals surface area contributed by atoms with Crippen molar-refractivity contribution >= 4 is 46.0 Å². The lowest BCUT2D eigenvalue weighted by Gasteiger charge is -2.27. The molecule has 6 nitrogen and oxygen atoms in total. The zero-order chi connectivity index (χ0) is 27.2. The molecule has 3 aromatic carbocycles. The van der Waals surface area contributed by atoms with Crippen molar-refractivity contribution in [2.75, 3.05) is 13.1 Å². The predicted octanol–water partition coefficient (Wildman–Crippen LogP) is 6.10. The summed E-state index contributed by atoms with van der Waals surface area (Å²) in [7, 11) is 0. The molecule has 0 bridgehead atoms. The van der Waals surface area contributed by atoms with Crippen LogP contribution < -0.4 is 5.43 Å². The first-order chi connectivity index (χ1) is 18.3. The Hall–Kier alpha value is -3.94. The summed E-state index contributed by atoms with van der Waals surface area (Å²) < 4.78 is 19.1. The molecule has 2 amide bonds. The van der Waals surface area contributed by atoms with Gasteiger partial charge < -0.3 is 14.2 Å². The molecule has 38 heavy (non-hydrogen) atoms. The van der Waals surface area contributed by atoms with Crippen molar-refractivity contribution in [3.8, 4) is 0 Å². The van der Waals surface area contributed by atoms with E-state index in [1.54, 1.807) is 36.4 Å². The SMILES string of the molecule is C=CCN(CC(=O)N(Cc1ccc(F)cc1)Cc1coc2ccccc2c1=O)C(=O)c1ccc(Cl)c(Cl)c1. The van der Waals surface area contributed by atoms with Gasteiger partial charge >= 0.3 is 0 Å². The Bertz CT molecular complexity index is 1550. The zero-order valence-electron chi connectivity index (χ0n) is 20.2. The highest BCUT2D eigenvalue weighted by Gasteiger charge is 2.24. The van der Waals surface area contributed by atoms with E-state index in [0.29, 0.717) is 21.6 Å². The normalized spacial score (nSPS) is 10.8. The maximum atomic E-state index is 13.6. The van der Waals surface area contributed by atoms with Gasteiger partial charge in [0.05, 0.1) is 33.8 Å². The summed E-state index contributed by atoms with van der Waals surface area (Å²) in [6, 6.07) is 17.0. The van der Waals surface area contributed by atoms with E-state index in [-0.39, 0.29) is 47.8 Å². The minimum atomic E-state index is -0.441. The molecule has 0 unspecified atom stereocenters. The van der Waals surface area contributed by atoms with Crippen molar-refractivity contribution in [3.05, 3.63) is 128 Å². The molecule has 0 aliphatic heterocycles. The Morgan fingerprint density at radius 1 is 0.947 bits per heavy atom. The molecular weight excluding hydrogens is 530 g/mol.